The maximum atomic E-state index is 13.5. The van der Waals surface area contributed by atoms with Crippen molar-refractivity contribution in [2.45, 2.75) is 65.1 Å². The number of rotatable bonds is 14. The first-order valence-electron chi connectivity index (χ1n) is 12.5. The third-order valence-corrected chi connectivity index (χ3v) is 7.74. The average Bonchev–Trinajstić information content (AvgIpc) is 2.86. The first-order chi connectivity index (χ1) is 17.5. The molecule has 0 fully saturated rings. The number of amides is 2. The highest BCUT2D eigenvalue weighted by Gasteiger charge is 2.30. The molecular formula is C27H38ClN3O5S. The largest absolute Gasteiger partial charge is 0.495 e. The maximum Gasteiger partial charge on any atom is 0.243 e. The smallest absolute Gasteiger partial charge is 0.243 e. The molecule has 0 aliphatic rings. The van der Waals surface area contributed by atoms with Crippen LogP contribution in [0.1, 0.15) is 52.0 Å². The van der Waals surface area contributed by atoms with Crippen molar-refractivity contribution in [3.8, 4) is 5.75 Å². The van der Waals surface area contributed by atoms with Crippen molar-refractivity contribution in [1.29, 1.82) is 0 Å². The van der Waals surface area contributed by atoms with E-state index in [1.807, 2.05) is 39.0 Å². The molecule has 2 atom stereocenters. The molecule has 0 bridgehead atoms. The fourth-order valence-electron chi connectivity index (χ4n) is 3.99. The normalized spacial score (nSPS) is 12.9. The number of para-hydroxylation sites is 2. The van der Waals surface area contributed by atoms with Crippen molar-refractivity contribution in [3.05, 3.63) is 59.1 Å². The molecule has 0 spiro atoms. The first kappa shape index (κ1) is 30.4. The molecule has 0 unspecified atom stereocenters. The third-order valence-electron chi connectivity index (χ3n) is 6.19. The number of carbonyl (C=O) groups excluding carboxylic acids is 2. The average molecular weight is 552 g/mol. The zero-order valence-electron chi connectivity index (χ0n) is 22.2. The minimum absolute atomic E-state index is 0.0250. The predicted octanol–water partition coefficient (Wildman–Crippen LogP) is 4.62. The molecule has 0 saturated carbocycles. The van der Waals surface area contributed by atoms with E-state index in [0.717, 1.165) is 18.2 Å². The number of nitrogens with one attached hydrogen (secondary N) is 1. The summed E-state index contributed by atoms with van der Waals surface area (Å²) in [5, 5.41) is 3.49. The van der Waals surface area contributed by atoms with Crippen LogP contribution in [-0.2, 0) is 26.2 Å². The van der Waals surface area contributed by atoms with Gasteiger partial charge in [0.1, 0.15) is 11.8 Å². The summed E-state index contributed by atoms with van der Waals surface area (Å²) in [6.07, 6.45) is 2.63. The van der Waals surface area contributed by atoms with Crippen LogP contribution in [0.15, 0.2) is 48.5 Å². The SMILES string of the molecule is CC[C@H](C(=O)N[C@@H](C)CC)N(Cc1ccccc1Cl)C(=O)CCCN(c1ccccc1OC)S(C)(=O)=O. The summed E-state index contributed by atoms with van der Waals surface area (Å²) in [6, 6.07) is 13.3. The van der Waals surface area contributed by atoms with Crippen LogP contribution < -0.4 is 14.4 Å². The summed E-state index contributed by atoms with van der Waals surface area (Å²) in [5.41, 5.74) is 1.14. The Morgan fingerprint density at radius 3 is 2.30 bits per heavy atom. The number of ether oxygens (including phenoxy) is 1. The zero-order valence-corrected chi connectivity index (χ0v) is 23.8. The molecule has 10 heteroatoms. The molecule has 37 heavy (non-hydrogen) atoms. The van der Waals surface area contributed by atoms with Crippen molar-refractivity contribution >= 4 is 39.1 Å². The van der Waals surface area contributed by atoms with Crippen molar-refractivity contribution in [2.75, 3.05) is 24.2 Å². The molecule has 1 N–H and O–H groups in total. The van der Waals surface area contributed by atoms with Crippen LogP contribution in [0.4, 0.5) is 5.69 Å². The third kappa shape index (κ3) is 8.64. The number of halogens is 1. The summed E-state index contributed by atoms with van der Waals surface area (Å²) < 4.78 is 31.7. The number of nitrogens with zero attached hydrogens (tertiary/aromatic N) is 2. The van der Waals surface area contributed by atoms with E-state index in [1.54, 1.807) is 35.2 Å². The van der Waals surface area contributed by atoms with Gasteiger partial charge in [0.2, 0.25) is 21.8 Å². The van der Waals surface area contributed by atoms with Crippen molar-refractivity contribution in [2.24, 2.45) is 0 Å². The van der Waals surface area contributed by atoms with Crippen LogP contribution >= 0.6 is 11.6 Å². The van der Waals surface area contributed by atoms with Crippen LogP contribution in [0.3, 0.4) is 0 Å². The lowest BCUT2D eigenvalue weighted by Crippen LogP contribution is -2.50. The van der Waals surface area contributed by atoms with Crippen LogP contribution in [0.25, 0.3) is 0 Å². The summed E-state index contributed by atoms with van der Waals surface area (Å²) in [7, 11) is -2.15. The molecule has 2 amide bonds. The predicted molar refractivity (Wildman–Crippen MR) is 148 cm³/mol. The summed E-state index contributed by atoms with van der Waals surface area (Å²) >= 11 is 6.38. The molecule has 0 saturated heterocycles. The van der Waals surface area contributed by atoms with Gasteiger partial charge in [-0.3, -0.25) is 13.9 Å². The van der Waals surface area contributed by atoms with Crippen LogP contribution in [0, 0.1) is 0 Å². The number of sulfonamides is 1. The number of hydrogen-bond donors (Lipinski definition) is 1. The van der Waals surface area contributed by atoms with E-state index in [0.29, 0.717) is 22.9 Å². The van der Waals surface area contributed by atoms with Gasteiger partial charge in [0.05, 0.1) is 19.1 Å². The van der Waals surface area contributed by atoms with Gasteiger partial charge in [-0.1, -0.05) is 55.8 Å². The van der Waals surface area contributed by atoms with Crippen LogP contribution in [0.2, 0.25) is 5.02 Å². The highest BCUT2D eigenvalue weighted by Crippen LogP contribution is 2.30. The second-order valence-corrected chi connectivity index (χ2v) is 11.3. The summed E-state index contributed by atoms with van der Waals surface area (Å²) in [4.78, 5) is 28.2. The Balaban J connectivity index is 2.26. The van der Waals surface area contributed by atoms with Gasteiger partial charge in [-0.2, -0.15) is 0 Å². The van der Waals surface area contributed by atoms with Gasteiger partial charge in [0.25, 0.3) is 0 Å². The Hall–Kier alpha value is -2.78. The van der Waals surface area contributed by atoms with Gasteiger partial charge in [-0.05, 0) is 49.9 Å². The molecule has 0 aliphatic carbocycles. The van der Waals surface area contributed by atoms with Gasteiger partial charge in [0.15, 0.2) is 0 Å². The first-order valence-corrected chi connectivity index (χ1v) is 14.7. The number of benzene rings is 2. The minimum Gasteiger partial charge on any atom is -0.495 e. The van der Waals surface area contributed by atoms with Gasteiger partial charge in [0, 0.05) is 30.6 Å². The van der Waals surface area contributed by atoms with E-state index in [-0.39, 0.29) is 43.8 Å². The van der Waals surface area contributed by atoms with Gasteiger partial charge in [-0.25, -0.2) is 8.42 Å². The van der Waals surface area contributed by atoms with E-state index >= 15 is 0 Å². The topological polar surface area (TPSA) is 96.0 Å². The Bertz CT molecular complexity index is 1160. The maximum absolute atomic E-state index is 13.5. The monoisotopic (exact) mass is 551 g/mol. The molecule has 0 aromatic heterocycles. The lowest BCUT2D eigenvalue weighted by Gasteiger charge is -2.32. The summed E-state index contributed by atoms with van der Waals surface area (Å²) in [5.74, 6) is -0.0454. The zero-order chi connectivity index (χ0) is 27.6. The van der Waals surface area contributed by atoms with Crippen LogP contribution in [0.5, 0.6) is 5.75 Å². The van der Waals surface area contributed by atoms with E-state index in [2.05, 4.69) is 5.32 Å². The van der Waals surface area contributed by atoms with Gasteiger partial charge < -0.3 is 15.0 Å². The molecule has 2 aromatic carbocycles. The van der Waals surface area contributed by atoms with E-state index in [9.17, 15) is 18.0 Å². The van der Waals surface area contributed by atoms with Gasteiger partial charge in [-0.15, -0.1) is 0 Å². The van der Waals surface area contributed by atoms with Crippen molar-refractivity contribution in [3.63, 3.8) is 0 Å². The number of hydrogen-bond acceptors (Lipinski definition) is 5. The minimum atomic E-state index is -3.63. The van der Waals surface area contributed by atoms with Crippen LogP contribution in [-0.4, -0.2) is 57.1 Å². The highest BCUT2D eigenvalue weighted by atomic mass is 35.5. The molecule has 2 aromatic rings. The second kappa shape index (κ2) is 14.2. The number of anilines is 1. The van der Waals surface area contributed by atoms with E-state index in [4.69, 9.17) is 16.3 Å². The standard InChI is InChI=1S/C27H38ClN3O5S/c1-6-20(3)29-27(33)23(7-2)30(19-21-13-8-9-14-22(21)28)26(32)17-12-18-31(37(5,34)35)24-15-10-11-16-25(24)36-4/h8-11,13-16,20,23H,6-7,12,17-19H2,1-5H3,(H,29,33)/t20-,23+/m0/s1. The Morgan fingerprint density at radius 2 is 1.70 bits per heavy atom. The molecule has 2 rings (SSSR count). The number of carbonyl (C=O) groups is 2. The fourth-order valence-corrected chi connectivity index (χ4v) is 5.15. The molecule has 0 radical (unpaired) electrons. The lowest BCUT2D eigenvalue weighted by molar-refractivity contribution is -0.141. The molecule has 204 valence electrons. The fraction of sp³-hybridized carbons (Fsp3) is 0.481. The molecule has 0 heterocycles. The van der Waals surface area contributed by atoms with Crippen molar-refractivity contribution in [1.82, 2.24) is 10.2 Å². The molecular weight excluding hydrogens is 514 g/mol. The van der Waals surface area contributed by atoms with Gasteiger partial charge >= 0.3 is 0 Å². The second-order valence-electron chi connectivity index (χ2n) is 8.97. The Labute approximate surface area is 226 Å². The van der Waals surface area contributed by atoms with Crippen molar-refractivity contribution < 1.29 is 22.7 Å². The quantitative estimate of drug-likeness (QED) is 0.370. The molecule has 0 aliphatic heterocycles. The lowest BCUT2D eigenvalue weighted by atomic mass is 10.1. The highest BCUT2D eigenvalue weighted by molar-refractivity contribution is 7.92. The number of methoxy groups -OCH3 is 1. The Kier molecular flexibility index (Phi) is 11.7. The Morgan fingerprint density at radius 1 is 1.05 bits per heavy atom. The summed E-state index contributed by atoms with van der Waals surface area (Å²) in [6.45, 7) is 6.02. The van der Waals surface area contributed by atoms with E-state index in [1.165, 1.54) is 11.4 Å². The van der Waals surface area contributed by atoms with E-state index < -0.39 is 16.1 Å². The molecule has 8 nitrogen and oxygen atoms in total.